The lowest BCUT2D eigenvalue weighted by Crippen LogP contribution is -2.61. The number of rotatable bonds is 8. The fourth-order valence-electron chi connectivity index (χ4n) is 7.14. The van der Waals surface area contributed by atoms with Crippen LogP contribution < -0.4 is 16.2 Å². The van der Waals surface area contributed by atoms with Crippen LogP contribution in [-0.4, -0.2) is 39.2 Å². The molecule has 9 heteroatoms. The van der Waals surface area contributed by atoms with Gasteiger partial charge in [-0.2, -0.15) is 0 Å². The molecule has 0 unspecified atom stereocenters. The fourth-order valence-corrected chi connectivity index (χ4v) is 7.84. The molecule has 1 amide bonds. The Hall–Kier alpha value is -2.65. The van der Waals surface area contributed by atoms with Crippen molar-refractivity contribution in [3.05, 3.63) is 63.2 Å². The summed E-state index contributed by atoms with van der Waals surface area (Å²) in [4.78, 5) is 29.9. The van der Waals surface area contributed by atoms with Gasteiger partial charge in [-0.3, -0.25) is 9.59 Å². The summed E-state index contributed by atoms with van der Waals surface area (Å²) in [5, 5.41) is 7.44. The topological polar surface area (TPSA) is 78.9 Å². The molecule has 3 aromatic rings. The number of pyridine rings is 1. The molecule has 40 heavy (non-hydrogen) atoms. The highest BCUT2D eigenvalue weighted by atomic mass is 32.2. The Morgan fingerprint density at radius 3 is 2.50 bits per heavy atom. The van der Waals surface area contributed by atoms with E-state index in [2.05, 4.69) is 33.2 Å². The predicted octanol–water partition coefficient (Wildman–Crippen LogP) is 6.50. The molecule has 5 rings (SSSR count). The standard InChI is InChI=1S/C31H40F2N4O2S/c1-18-14-26(40-5)24(28(38)35-18)15-34-29(39)27-20(3)37(25-9-7-6-8-23(25)27)19(2)21-10-12-22(13-11-21)36-30(4)16-31(32,33)17-30/h6-9,14,19,21-22,36H,10-13,15-17H2,1-5H3,(H,34,39)(H,35,38)/t19-,21?,22?/m1/s1. The van der Waals surface area contributed by atoms with Crippen molar-refractivity contribution in [3.63, 3.8) is 0 Å². The third-order valence-corrected chi connectivity index (χ3v) is 9.77. The van der Waals surface area contributed by atoms with E-state index in [0.29, 0.717) is 17.0 Å². The van der Waals surface area contributed by atoms with Gasteiger partial charge in [-0.15, -0.1) is 11.8 Å². The van der Waals surface area contributed by atoms with Crippen LogP contribution in [0.2, 0.25) is 0 Å². The number of amides is 1. The van der Waals surface area contributed by atoms with Gasteiger partial charge < -0.3 is 20.2 Å². The van der Waals surface area contributed by atoms with Crippen LogP contribution in [0.3, 0.4) is 0 Å². The van der Waals surface area contributed by atoms with E-state index in [1.807, 2.05) is 51.3 Å². The molecule has 2 fully saturated rings. The van der Waals surface area contributed by atoms with Gasteiger partial charge in [-0.1, -0.05) is 18.2 Å². The number of para-hydroxylation sites is 1. The quantitative estimate of drug-likeness (QED) is 0.270. The lowest BCUT2D eigenvalue weighted by molar-refractivity contribution is -0.131. The molecule has 2 aromatic heterocycles. The van der Waals surface area contributed by atoms with Crippen molar-refractivity contribution in [3.8, 4) is 0 Å². The first-order chi connectivity index (χ1) is 18.9. The zero-order valence-electron chi connectivity index (χ0n) is 24.0. The number of aromatic amines is 1. The number of halogens is 2. The first-order valence-electron chi connectivity index (χ1n) is 14.2. The van der Waals surface area contributed by atoms with E-state index in [1.54, 1.807) is 0 Å². The molecule has 2 aliphatic rings. The molecule has 0 bridgehead atoms. The van der Waals surface area contributed by atoms with Crippen LogP contribution in [0.1, 0.15) is 85.7 Å². The number of nitrogens with one attached hydrogen (secondary N) is 3. The SMILES string of the molecule is CSc1cc(C)[nH]c(=O)c1CNC(=O)c1c(C)n([C@H](C)C2CCC(NC3(C)CC(F)(F)C3)CC2)c2ccccc12. The molecule has 0 saturated heterocycles. The van der Waals surface area contributed by atoms with E-state index in [4.69, 9.17) is 0 Å². The minimum absolute atomic E-state index is 0.0768. The number of hydrogen-bond donors (Lipinski definition) is 3. The van der Waals surface area contributed by atoms with Gasteiger partial charge in [0.2, 0.25) is 0 Å². The zero-order valence-corrected chi connectivity index (χ0v) is 24.8. The van der Waals surface area contributed by atoms with Crippen LogP contribution in [0.15, 0.2) is 40.0 Å². The third kappa shape index (κ3) is 5.59. The number of carbonyl (C=O) groups is 1. The van der Waals surface area contributed by atoms with Gasteiger partial charge in [0, 0.05) is 69.8 Å². The van der Waals surface area contributed by atoms with E-state index in [0.717, 1.165) is 52.9 Å². The maximum atomic E-state index is 13.6. The molecule has 3 N–H and O–H groups in total. The second-order valence-corrected chi connectivity index (χ2v) is 13.0. The van der Waals surface area contributed by atoms with Gasteiger partial charge in [0.1, 0.15) is 0 Å². The molecule has 1 aromatic carbocycles. The van der Waals surface area contributed by atoms with Crippen LogP contribution in [-0.2, 0) is 6.54 Å². The summed E-state index contributed by atoms with van der Waals surface area (Å²) < 4.78 is 29.3. The summed E-state index contributed by atoms with van der Waals surface area (Å²) in [6.45, 7) is 8.15. The van der Waals surface area contributed by atoms with Crippen LogP contribution in [0.25, 0.3) is 10.9 Å². The number of fused-ring (bicyclic) bond motifs is 1. The smallest absolute Gasteiger partial charge is 0.254 e. The van der Waals surface area contributed by atoms with E-state index < -0.39 is 11.5 Å². The average Bonchev–Trinajstić information content (AvgIpc) is 3.17. The van der Waals surface area contributed by atoms with Gasteiger partial charge in [0.15, 0.2) is 0 Å². The Labute approximate surface area is 238 Å². The second kappa shape index (κ2) is 11.0. The van der Waals surface area contributed by atoms with E-state index in [9.17, 15) is 18.4 Å². The van der Waals surface area contributed by atoms with E-state index >= 15 is 0 Å². The summed E-state index contributed by atoms with van der Waals surface area (Å²) in [5.74, 6) is -2.29. The summed E-state index contributed by atoms with van der Waals surface area (Å²) in [7, 11) is 0. The molecule has 0 aliphatic heterocycles. The highest BCUT2D eigenvalue weighted by molar-refractivity contribution is 7.98. The maximum absolute atomic E-state index is 13.6. The van der Waals surface area contributed by atoms with Crippen molar-refractivity contribution in [1.82, 2.24) is 20.2 Å². The van der Waals surface area contributed by atoms with Gasteiger partial charge in [0.25, 0.3) is 17.4 Å². The molecule has 216 valence electrons. The Kier molecular flexibility index (Phi) is 7.92. The number of nitrogens with zero attached hydrogens (tertiary/aromatic N) is 1. The summed E-state index contributed by atoms with van der Waals surface area (Å²) in [6, 6.07) is 10.4. The number of alkyl halides is 2. The van der Waals surface area contributed by atoms with E-state index in [-0.39, 0.29) is 42.9 Å². The molecule has 0 spiro atoms. The first-order valence-corrected chi connectivity index (χ1v) is 15.4. The van der Waals surface area contributed by atoms with Crippen molar-refractivity contribution in [1.29, 1.82) is 0 Å². The Morgan fingerprint density at radius 2 is 1.85 bits per heavy atom. The van der Waals surface area contributed by atoms with Crippen LogP contribution in [0, 0.1) is 19.8 Å². The Bertz CT molecular complexity index is 1460. The number of benzene rings is 1. The first kappa shape index (κ1) is 28.9. The Balaban J connectivity index is 1.32. The number of H-pyrrole nitrogens is 1. The van der Waals surface area contributed by atoms with Crippen LogP contribution in [0.4, 0.5) is 8.78 Å². The van der Waals surface area contributed by atoms with Gasteiger partial charge >= 0.3 is 0 Å². The molecule has 1 atom stereocenters. The summed E-state index contributed by atoms with van der Waals surface area (Å²) in [5.41, 5.74) is 3.31. The molecule has 2 aliphatic carbocycles. The maximum Gasteiger partial charge on any atom is 0.254 e. The van der Waals surface area contributed by atoms with Gasteiger partial charge in [0.05, 0.1) is 5.56 Å². The van der Waals surface area contributed by atoms with Gasteiger partial charge in [-0.25, -0.2) is 8.78 Å². The van der Waals surface area contributed by atoms with Crippen molar-refractivity contribution >= 4 is 28.6 Å². The number of hydrogen-bond acceptors (Lipinski definition) is 4. The molecule has 2 heterocycles. The lowest BCUT2D eigenvalue weighted by Gasteiger charge is -2.48. The van der Waals surface area contributed by atoms with Crippen molar-refractivity contribution < 1.29 is 13.6 Å². The van der Waals surface area contributed by atoms with Gasteiger partial charge in [-0.05, 0) is 77.7 Å². The van der Waals surface area contributed by atoms with Crippen LogP contribution in [0.5, 0.6) is 0 Å². The second-order valence-electron chi connectivity index (χ2n) is 12.1. The average molecular weight is 571 g/mol. The monoisotopic (exact) mass is 570 g/mol. The number of aryl methyl sites for hydroxylation is 1. The number of aromatic nitrogens is 2. The minimum atomic E-state index is -2.53. The van der Waals surface area contributed by atoms with E-state index in [1.165, 1.54) is 11.8 Å². The largest absolute Gasteiger partial charge is 0.348 e. The summed E-state index contributed by atoms with van der Waals surface area (Å²) >= 11 is 1.49. The molecule has 2 saturated carbocycles. The molecule has 6 nitrogen and oxygen atoms in total. The lowest BCUT2D eigenvalue weighted by atomic mass is 9.73. The normalized spacial score (nSPS) is 22.6. The summed E-state index contributed by atoms with van der Waals surface area (Å²) in [6.07, 6.45) is 5.71. The highest BCUT2D eigenvalue weighted by Crippen LogP contribution is 2.46. The molecular weight excluding hydrogens is 530 g/mol. The van der Waals surface area contributed by atoms with Crippen molar-refractivity contribution in [2.24, 2.45) is 5.92 Å². The number of carbonyl (C=O) groups excluding carboxylic acids is 1. The van der Waals surface area contributed by atoms with Crippen molar-refractivity contribution in [2.75, 3.05) is 6.26 Å². The molecule has 0 radical (unpaired) electrons. The van der Waals surface area contributed by atoms with Crippen LogP contribution >= 0.6 is 11.8 Å². The minimum Gasteiger partial charge on any atom is -0.348 e. The fraction of sp³-hybridized carbons (Fsp3) is 0.548. The Morgan fingerprint density at radius 1 is 1.18 bits per heavy atom. The highest BCUT2D eigenvalue weighted by Gasteiger charge is 2.54. The molecular formula is C31H40F2N4O2S. The predicted molar refractivity (Wildman–Crippen MR) is 158 cm³/mol. The zero-order chi connectivity index (χ0) is 28.8. The van der Waals surface area contributed by atoms with Crippen molar-refractivity contribution in [2.45, 2.75) is 101 Å². The number of thioether (sulfide) groups is 1. The third-order valence-electron chi connectivity index (χ3n) is 8.97.